The molecule has 2 rings (SSSR count). The fourth-order valence-electron chi connectivity index (χ4n) is 1.93. The highest BCUT2D eigenvalue weighted by atomic mass is 16.5. The number of amides is 2. The lowest BCUT2D eigenvalue weighted by Gasteiger charge is -2.15. The molecule has 2 amide bonds. The minimum atomic E-state index is -0.254. The topological polar surface area (TPSA) is 43.6 Å². The van der Waals surface area contributed by atoms with E-state index in [9.17, 15) is 4.79 Å². The van der Waals surface area contributed by atoms with Crippen LogP contribution in [0.2, 0.25) is 0 Å². The highest BCUT2D eigenvalue weighted by Crippen LogP contribution is 2.31. The summed E-state index contributed by atoms with van der Waals surface area (Å²) < 4.78 is 5.26. The van der Waals surface area contributed by atoms with Crippen LogP contribution in [-0.2, 0) is 0 Å². The molecule has 0 bridgehead atoms. The van der Waals surface area contributed by atoms with Gasteiger partial charge in [-0.05, 0) is 24.5 Å². The second-order valence-electron chi connectivity index (χ2n) is 4.65. The first-order valence-corrected chi connectivity index (χ1v) is 6.00. The fourth-order valence-corrected chi connectivity index (χ4v) is 1.93. The Kier molecular flexibility index (Phi) is 3.55. The Bertz CT molecular complexity index is 480. The molecule has 4 heteroatoms. The highest BCUT2D eigenvalue weighted by molar-refractivity contribution is 5.98. The van der Waals surface area contributed by atoms with Crippen LogP contribution >= 0.6 is 0 Å². The molecule has 1 aromatic rings. The molecule has 0 aromatic heterocycles. The van der Waals surface area contributed by atoms with Crippen LogP contribution in [0.5, 0.6) is 5.75 Å². The zero-order valence-electron chi connectivity index (χ0n) is 10.9. The SMILES string of the molecule is COc1ccccc1N1C=C(CC(C)C)[N]C1=O. The quantitative estimate of drug-likeness (QED) is 0.818. The number of ether oxygens (including phenoxy) is 1. The second kappa shape index (κ2) is 5.12. The van der Waals surface area contributed by atoms with E-state index < -0.39 is 0 Å². The smallest absolute Gasteiger partial charge is 0.352 e. The van der Waals surface area contributed by atoms with Crippen LogP contribution in [0.1, 0.15) is 20.3 Å². The average Bonchev–Trinajstić information content (AvgIpc) is 2.69. The van der Waals surface area contributed by atoms with E-state index in [2.05, 4.69) is 19.2 Å². The number of carbonyl (C=O) groups excluding carboxylic acids is 1. The van der Waals surface area contributed by atoms with Gasteiger partial charge in [0.1, 0.15) is 5.75 Å². The molecular formula is C14H17N2O2. The van der Waals surface area contributed by atoms with Crippen molar-refractivity contribution in [3.8, 4) is 5.75 Å². The summed E-state index contributed by atoms with van der Waals surface area (Å²) in [6, 6.07) is 7.17. The normalized spacial score (nSPS) is 14.8. The standard InChI is InChI=1S/C14H17N2O2/c1-10(2)8-11-9-16(14(17)15-11)12-6-4-5-7-13(12)18-3/h4-7,9-10H,8H2,1-3H3. The molecule has 0 fully saturated rings. The summed E-state index contributed by atoms with van der Waals surface area (Å²) in [7, 11) is 1.59. The number of hydrogen-bond donors (Lipinski definition) is 0. The first-order chi connectivity index (χ1) is 8.61. The van der Waals surface area contributed by atoms with E-state index in [1.807, 2.05) is 24.3 Å². The number of methoxy groups -OCH3 is 1. The number of anilines is 1. The van der Waals surface area contributed by atoms with Crippen molar-refractivity contribution < 1.29 is 9.53 Å². The Balaban J connectivity index is 2.27. The third-order valence-corrected chi connectivity index (χ3v) is 2.69. The van der Waals surface area contributed by atoms with E-state index in [-0.39, 0.29) is 6.03 Å². The lowest BCUT2D eigenvalue weighted by molar-refractivity contribution is 0.251. The van der Waals surface area contributed by atoms with Crippen molar-refractivity contribution in [2.75, 3.05) is 12.0 Å². The lowest BCUT2D eigenvalue weighted by atomic mass is 10.1. The molecule has 1 aliphatic rings. The van der Waals surface area contributed by atoms with Crippen molar-refractivity contribution in [2.45, 2.75) is 20.3 Å². The molecule has 0 saturated heterocycles. The Labute approximate surface area is 107 Å². The minimum absolute atomic E-state index is 0.254. The molecule has 0 saturated carbocycles. The third-order valence-electron chi connectivity index (χ3n) is 2.69. The summed E-state index contributed by atoms with van der Waals surface area (Å²) in [6.45, 7) is 4.21. The average molecular weight is 245 g/mol. The molecule has 18 heavy (non-hydrogen) atoms. The molecular weight excluding hydrogens is 228 g/mol. The molecule has 4 nitrogen and oxygen atoms in total. The molecule has 1 radical (unpaired) electrons. The first kappa shape index (κ1) is 12.5. The summed E-state index contributed by atoms with van der Waals surface area (Å²) in [4.78, 5) is 13.4. The zero-order valence-corrected chi connectivity index (χ0v) is 10.9. The van der Waals surface area contributed by atoms with E-state index >= 15 is 0 Å². The van der Waals surface area contributed by atoms with Gasteiger partial charge in [-0.3, -0.25) is 4.90 Å². The Morgan fingerprint density at radius 1 is 1.33 bits per heavy atom. The van der Waals surface area contributed by atoms with Crippen LogP contribution in [0.3, 0.4) is 0 Å². The number of urea groups is 1. The van der Waals surface area contributed by atoms with Crippen molar-refractivity contribution in [1.82, 2.24) is 5.32 Å². The molecule has 0 spiro atoms. The molecule has 0 N–H and O–H groups in total. The predicted molar refractivity (Wildman–Crippen MR) is 70.5 cm³/mol. The van der Waals surface area contributed by atoms with Gasteiger partial charge in [-0.2, -0.15) is 5.32 Å². The van der Waals surface area contributed by atoms with Gasteiger partial charge in [0.15, 0.2) is 0 Å². The number of rotatable bonds is 4. The minimum Gasteiger partial charge on any atom is -0.495 e. The number of allylic oxidation sites excluding steroid dienone is 1. The van der Waals surface area contributed by atoms with Crippen LogP contribution in [-0.4, -0.2) is 13.1 Å². The van der Waals surface area contributed by atoms with Gasteiger partial charge in [-0.1, -0.05) is 26.0 Å². The van der Waals surface area contributed by atoms with E-state index in [1.165, 1.54) is 4.90 Å². The van der Waals surface area contributed by atoms with Crippen LogP contribution < -0.4 is 15.0 Å². The summed E-state index contributed by atoms with van der Waals surface area (Å²) >= 11 is 0. The summed E-state index contributed by atoms with van der Waals surface area (Å²) in [5.74, 6) is 1.15. The number of benzene rings is 1. The van der Waals surface area contributed by atoms with Crippen LogP contribution in [0.4, 0.5) is 10.5 Å². The van der Waals surface area contributed by atoms with Gasteiger partial charge in [0.2, 0.25) is 0 Å². The van der Waals surface area contributed by atoms with Gasteiger partial charge >= 0.3 is 6.03 Å². The number of para-hydroxylation sites is 2. The molecule has 1 heterocycles. The monoisotopic (exact) mass is 245 g/mol. The van der Waals surface area contributed by atoms with Crippen molar-refractivity contribution >= 4 is 11.7 Å². The summed E-state index contributed by atoms with van der Waals surface area (Å²) in [6.07, 6.45) is 2.59. The van der Waals surface area contributed by atoms with Gasteiger partial charge in [0.05, 0.1) is 18.5 Å². The summed E-state index contributed by atoms with van der Waals surface area (Å²) in [5, 5.41) is 4.05. The van der Waals surface area contributed by atoms with Crippen LogP contribution in [0, 0.1) is 5.92 Å². The predicted octanol–water partition coefficient (Wildman–Crippen LogP) is 3.13. The maximum atomic E-state index is 11.9. The fraction of sp³-hybridized carbons (Fsp3) is 0.357. The van der Waals surface area contributed by atoms with Gasteiger partial charge in [-0.15, -0.1) is 0 Å². The van der Waals surface area contributed by atoms with Crippen molar-refractivity contribution in [3.05, 3.63) is 36.2 Å². The lowest BCUT2D eigenvalue weighted by Crippen LogP contribution is -2.24. The molecule has 1 aliphatic heterocycles. The second-order valence-corrected chi connectivity index (χ2v) is 4.65. The molecule has 0 aliphatic carbocycles. The largest absolute Gasteiger partial charge is 0.495 e. The maximum Gasteiger partial charge on any atom is 0.352 e. The van der Waals surface area contributed by atoms with E-state index in [1.54, 1.807) is 13.3 Å². The Hall–Kier alpha value is -1.97. The maximum absolute atomic E-state index is 11.9. The third kappa shape index (κ3) is 2.47. The van der Waals surface area contributed by atoms with Crippen LogP contribution in [0.25, 0.3) is 0 Å². The Morgan fingerprint density at radius 2 is 2.06 bits per heavy atom. The zero-order chi connectivity index (χ0) is 13.1. The van der Waals surface area contributed by atoms with Gasteiger partial charge < -0.3 is 4.74 Å². The van der Waals surface area contributed by atoms with Crippen molar-refractivity contribution in [2.24, 2.45) is 5.92 Å². The first-order valence-electron chi connectivity index (χ1n) is 6.00. The summed E-state index contributed by atoms with van der Waals surface area (Å²) in [5.41, 5.74) is 1.55. The van der Waals surface area contributed by atoms with E-state index in [4.69, 9.17) is 4.74 Å². The van der Waals surface area contributed by atoms with Gasteiger partial charge in [0.25, 0.3) is 0 Å². The van der Waals surface area contributed by atoms with E-state index in [0.717, 1.165) is 17.8 Å². The number of hydrogen-bond acceptors (Lipinski definition) is 2. The van der Waals surface area contributed by atoms with Crippen molar-refractivity contribution in [1.29, 1.82) is 0 Å². The Morgan fingerprint density at radius 3 is 2.72 bits per heavy atom. The number of carbonyl (C=O) groups is 1. The molecule has 95 valence electrons. The number of nitrogens with zero attached hydrogens (tertiary/aromatic N) is 2. The molecule has 0 atom stereocenters. The van der Waals surface area contributed by atoms with Crippen molar-refractivity contribution in [3.63, 3.8) is 0 Å². The molecule has 1 aromatic carbocycles. The van der Waals surface area contributed by atoms with E-state index in [0.29, 0.717) is 11.7 Å². The molecule has 0 unspecified atom stereocenters. The highest BCUT2D eigenvalue weighted by Gasteiger charge is 2.26. The van der Waals surface area contributed by atoms with Crippen LogP contribution in [0.15, 0.2) is 36.2 Å². The van der Waals surface area contributed by atoms with Gasteiger partial charge in [-0.25, -0.2) is 4.79 Å². The van der Waals surface area contributed by atoms with Gasteiger partial charge in [0, 0.05) is 6.20 Å².